The van der Waals surface area contributed by atoms with E-state index in [1.54, 1.807) is 0 Å². The molecule has 0 aliphatic rings. The lowest BCUT2D eigenvalue weighted by Crippen LogP contribution is -1.96. The highest BCUT2D eigenvalue weighted by Gasteiger charge is 2.05. The molecule has 0 radical (unpaired) electrons. The smallest absolute Gasteiger partial charge is 0.229 e. The Morgan fingerprint density at radius 3 is 2.33 bits per heavy atom. The summed E-state index contributed by atoms with van der Waals surface area (Å²) < 4.78 is 3.71. The van der Waals surface area contributed by atoms with Crippen LogP contribution in [0, 0.1) is 20.8 Å². The van der Waals surface area contributed by atoms with Crippen molar-refractivity contribution < 1.29 is 0 Å². The minimum Gasteiger partial charge on any atom is -0.328 e. The van der Waals surface area contributed by atoms with E-state index >= 15 is 0 Å². The van der Waals surface area contributed by atoms with Crippen molar-refractivity contribution in [3.8, 4) is 0 Å². The van der Waals surface area contributed by atoms with Gasteiger partial charge in [0.25, 0.3) is 0 Å². The summed E-state index contributed by atoms with van der Waals surface area (Å²) in [5.41, 5.74) is 4.79. The molecule has 5 heteroatoms. The van der Waals surface area contributed by atoms with Crippen LogP contribution < -0.4 is 5.32 Å². The van der Waals surface area contributed by atoms with Gasteiger partial charge in [0.2, 0.25) is 5.13 Å². The van der Waals surface area contributed by atoms with Crippen LogP contribution in [0.15, 0.2) is 12.1 Å². The van der Waals surface area contributed by atoms with Gasteiger partial charge >= 0.3 is 0 Å². The van der Waals surface area contributed by atoms with E-state index in [2.05, 4.69) is 53.0 Å². The Morgan fingerprint density at radius 1 is 1.13 bits per heavy atom. The highest BCUT2D eigenvalue weighted by atomic mass is 32.1. The van der Waals surface area contributed by atoms with Crippen LogP contribution in [0.4, 0.5) is 10.8 Å². The lowest BCUT2D eigenvalue weighted by molar-refractivity contribution is 0.961. The van der Waals surface area contributed by atoms with Crippen molar-refractivity contribution >= 4 is 22.4 Å². The maximum Gasteiger partial charge on any atom is 0.229 e. The quantitative estimate of drug-likeness (QED) is 0.845. The van der Waals surface area contributed by atoms with Crippen molar-refractivity contribution in [1.29, 1.82) is 0 Å². The maximum absolute atomic E-state index is 3.86. The molecule has 0 amide bonds. The Morgan fingerprint density at radius 2 is 1.80 bits per heavy atom. The summed E-state index contributed by atoms with van der Waals surface area (Å²) in [5.74, 6) is 0. The third-order valence-electron chi connectivity index (χ3n) is 2.21. The lowest BCUT2D eigenvalue weighted by atomic mass is 10.1. The van der Waals surface area contributed by atoms with Gasteiger partial charge in [-0.3, -0.25) is 0 Å². The Bertz CT molecular complexity index is 441. The fraction of sp³-hybridized carbons (Fsp3) is 0.300. The monoisotopic (exact) mass is 220 g/mol. The van der Waals surface area contributed by atoms with Gasteiger partial charge in [-0.15, -0.1) is 0 Å². The molecule has 0 aliphatic heterocycles. The first-order chi connectivity index (χ1) is 7.16. The zero-order valence-corrected chi connectivity index (χ0v) is 9.72. The van der Waals surface area contributed by atoms with E-state index in [0.717, 1.165) is 10.8 Å². The average Bonchev–Trinajstić information content (AvgIpc) is 2.63. The van der Waals surface area contributed by atoms with Gasteiger partial charge in [0.1, 0.15) is 0 Å². The largest absolute Gasteiger partial charge is 0.328 e. The van der Waals surface area contributed by atoms with Gasteiger partial charge in [-0.2, -0.15) is 0 Å². The van der Waals surface area contributed by atoms with E-state index in [4.69, 9.17) is 0 Å². The van der Waals surface area contributed by atoms with Crippen LogP contribution in [0.5, 0.6) is 0 Å². The van der Waals surface area contributed by atoms with Crippen LogP contribution in [0.1, 0.15) is 16.7 Å². The molecule has 4 nitrogen and oxygen atoms in total. The second-order valence-corrected chi connectivity index (χ2v) is 4.30. The number of nitrogens with one attached hydrogen (secondary N) is 1. The number of hydrogen-bond acceptors (Lipinski definition) is 5. The van der Waals surface area contributed by atoms with Crippen molar-refractivity contribution in [2.24, 2.45) is 0 Å². The molecule has 0 saturated carbocycles. The molecule has 1 aromatic heterocycles. The summed E-state index contributed by atoms with van der Waals surface area (Å²) in [5, 5.41) is 11.4. The molecular formula is C10H12N4S. The van der Waals surface area contributed by atoms with E-state index in [0.29, 0.717) is 0 Å². The Labute approximate surface area is 92.5 Å². The number of nitrogens with zero attached hydrogens (tertiary/aromatic N) is 3. The van der Waals surface area contributed by atoms with Gasteiger partial charge in [-0.25, -0.2) is 0 Å². The van der Waals surface area contributed by atoms with Crippen molar-refractivity contribution in [2.45, 2.75) is 20.8 Å². The molecule has 0 spiro atoms. The topological polar surface area (TPSA) is 50.7 Å². The molecule has 1 N–H and O–H groups in total. The predicted octanol–water partition coefficient (Wildman–Crippen LogP) is 2.60. The summed E-state index contributed by atoms with van der Waals surface area (Å²) in [7, 11) is 0. The Kier molecular flexibility index (Phi) is 2.64. The Hall–Kier alpha value is -1.49. The number of aryl methyl sites for hydroxylation is 3. The van der Waals surface area contributed by atoms with Crippen LogP contribution in [-0.2, 0) is 0 Å². The van der Waals surface area contributed by atoms with Crippen LogP contribution in [0.25, 0.3) is 0 Å². The number of rotatable bonds is 2. The molecule has 0 atom stereocenters. The van der Waals surface area contributed by atoms with Crippen LogP contribution in [0.2, 0.25) is 0 Å². The first kappa shape index (κ1) is 10.0. The van der Waals surface area contributed by atoms with E-state index < -0.39 is 0 Å². The predicted molar refractivity (Wildman–Crippen MR) is 61.6 cm³/mol. The summed E-state index contributed by atoms with van der Waals surface area (Å²) in [6.07, 6.45) is 0. The van der Waals surface area contributed by atoms with Crippen LogP contribution in [0.3, 0.4) is 0 Å². The molecule has 1 aromatic carbocycles. The minimum atomic E-state index is 0.727. The van der Waals surface area contributed by atoms with Crippen LogP contribution >= 0.6 is 11.5 Å². The highest BCUT2D eigenvalue weighted by Crippen LogP contribution is 2.25. The Balaban J connectivity index is 2.36. The first-order valence-electron chi connectivity index (χ1n) is 4.67. The third kappa shape index (κ3) is 2.12. The maximum atomic E-state index is 3.86. The molecule has 0 bridgehead atoms. The summed E-state index contributed by atoms with van der Waals surface area (Å²) in [6.45, 7) is 6.25. The van der Waals surface area contributed by atoms with Crippen molar-refractivity contribution in [1.82, 2.24) is 14.8 Å². The number of benzene rings is 1. The fourth-order valence-corrected chi connectivity index (χ4v) is 2.04. The van der Waals surface area contributed by atoms with E-state index in [1.165, 1.54) is 28.2 Å². The summed E-state index contributed by atoms with van der Waals surface area (Å²) >= 11 is 1.26. The second-order valence-electron chi connectivity index (χ2n) is 3.57. The third-order valence-corrected chi connectivity index (χ3v) is 2.72. The van der Waals surface area contributed by atoms with Crippen molar-refractivity contribution in [3.63, 3.8) is 0 Å². The molecule has 2 rings (SSSR count). The molecule has 2 aromatic rings. The molecule has 1 heterocycles. The van der Waals surface area contributed by atoms with E-state index in [1.807, 2.05) is 0 Å². The zero-order valence-electron chi connectivity index (χ0n) is 8.90. The number of aromatic nitrogens is 3. The standard InChI is InChI=1S/C10H12N4S/c1-6-4-7(2)9(8(3)5-6)11-10-12-13-14-15-10/h4-5H,1-3H3,(H,11,12,14). The van der Waals surface area contributed by atoms with Gasteiger partial charge in [-0.1, -0.05) is 27.3 Å². The molecule has 15 heavy (non-hydrogen) atoms. The van der Waals surface area contributed by atoms with Crippen LogP contribution in [-0.4, -0.2) is 14.8 Å². The van der Waals surface area contributed by atoms with Gasteiger partial charge in [0, 0.05) is 17.2 Å². The van der Waals surface area contributed by atoms with Gasteiger partial charge in [-0.05, 0) is 37.1 Å². The number of anilines is 2. The molecular weight excluding hydrogens is 208 g/mol. The SMILES string of the molecule is Cc1cc(C)c(Nc2nnns2)c(C)c1. The van der Waals surface area contributed by atoms with Gasteiger partial charge in [0.05, 0.1) is 0 Å². The zero-order chi connectivity index (χ0) is 10.8. The number of hydrogen-bond donors (Lipinski definition) is 1. The van der Waals surface area contributed by atoms with Gasteiger partial charge in [0.15, 0.2) is 0 Å². The molecule has 0 saturated heterocycles. The molecule has 0 unspecified atom stereocenters. The van der Waals surface area contributed by atoms with E-state index in [9.17, 15) is 0 Å². The van der Waals surface area contributed by atoms with E-state index in [-0.39, 0.29) is 0 Å². The minimum absolute atomic E-state index is 0.727. The first-order valence-corrected chi connectivity index (χ1v) is 5.44. The lowest BCUT2D eigenvalue weighted by Gasteiger charge is -2.10. The average molecular weight is 220 g/mol. The van der Waals surface area contributed by atoms with Gasteiger partial charge < -0.3 is 5.32 Å². The van der Waals surface area contributed by atoms with Crippen molar-refractivity contribution in [3.05, 3.63) is 28.8 Å². The summed E-state index contributed by atoms with van der Waals surface area (Å²) in [4.78, 5) is 0. The normalized spacial score (nSPS) is 10.3. The second kappa shape index (κ2) is 3.94. The fourth-order valence-electron chi connectivity index (χ4n) is 1.67. The highest BCUT2D eigenvalue weighted by molar-refractivity contribution is 7.09. The summed E-state index contributed by atoms with van der Waals surface area (Å²) in [6, 6.07) is 4.29. The molecule has 0 aliphatic carbocycles. The van der Waals surface area contributed by atoms with Crippen molar-refractivity contribution in [2.75, 3.05) is 5.32 Å². The molecule has 0 fully saturated rings. The molecule has 78 valence electrons.